The Morgan fingerprint density at radius 2 is 2.10 bits per heavy atom. The van der Waals surface area contributed by atoms with E-state index in [9.17, 15) is 13.2 Å². The van der Waals surface area contributed by atoms with Crippen molar-refractivity contribution < 1.29 is 17.9 Å². The van der Waals surface area contributed by atoms with E-state index in [2.05, 4.69) is 0 Å². The zero-order chi connectivity index (χ0) is 15.0. The molecule has 0 bridgehead atoms. The lowest BCUT2D eigenvalue weighted by Crippen LogP contribution is -2.58. The normalized spacial score (nSPS) is 18.3. The molecule has 1 amide bonds. The fourth-order valence-corrected chi connectivity index (χ4v) is 2.64. The van der Waals surface area contributed by atoms with Gasteiger partial charge in [0.1, 0.15) is 17.9 Å². The van der Waals surface area contributed by atoms with Crippen LogP contribution in [0.2, 0.25) is 0 Å². The van der Waals surface area contributed by atoms with Crippen molar-refractivity contribution in [2.24, 2.45) is 17.4 Å². The van der Waals surface area contributed by atoms with Gasteiger partial charge in [-0.25, -0.2) is 8.42 Å². The fourth-order valence-electron chi connectivity index (χ4n) is 1.99. The van der Waals surface area contributed by atoms with Gasteiger partial charge in [0.25, 0.3) is 0 Å². The summed E-state index contributed by atoms with van der Waals surface area (Å²) in [6, 6.07) is 6.07. The van der Waals surface area contributed by atoms with E-state index >= 15 is 0 Å². The summed E-state index contributed by atoms with van der Waals surface area (Å²) in [5.74, 6) is -0.206. The van der Waals surface area contributed by atoms with Crippen molar-refractivity contribution in [1.82, 2.24) is 0 Å². The minimum Gasteiger partial charge on any atom is -0.491 e. The van der Waals surface area contributed by atoms with Crippen molar-refractivity contribution in [2.45, 2.75) is 23.3 Å². The summed E-state index contributed by atoms with van der Waals surface area (Å²) in [6.07, 6.45) is 2.82. The van der Waals surface area contributed by atoms with E-state index in [-0.39, 0.29) is 17.4 Å². The Labute approximate surface area is 118 Å². The number of hydrogen-bond acceptors (Lipinski definition) is 5. The average molecular weight is 298 g/mol. The van der Waals surface area contributed by atoms with E-state index in [1.807, 2.05) is 0 Å². The van der Waals surface area contributed by atoms with Crippen LogP contribution >= 0.6 is 0 Å². The van der Waals surface area contributed by atoms with Crippen molar-refractivity contribution in [3.05, 3.63) is 24.3 Å². The Balaban J connectivity index is 2.13. The molecule has 0 aliphatic heterocycles. The Kier molecular flexibility index (Phi) is 3.75. The molecular weight excluding hydrogens is 280 g/mol. The molecule has 1 aromatic carbocycles. The van der Waals surface area contributed by atoms with Gasteiger partial charge in [0.15, 0.2) is 9.84 Å². The van der Waals surface area contributed by atoms with Crippen molar-refractivity contribution in [1.29, 1.82) is 0 Å². The summed E-state index contributed by atoms with van der Waals surface area (Å²) in [4.78, 5) is 11.6. The predicted molar refractivity (Wildman–Crippen MR) is 73.9 cm³/mol. The number of amides is 1. The van der Waals surface area contributed by atoms with Crippen LogP contribution in [0.1, 0.15) is 12.8 Å². The van der Waals surface area contributed by atoms with Gasteiger partial charge in [-0.05, 0) is 37.0 Å². The van der Waals surface area contributed by atoms with Crippen molar-refractivity contribution in [3.8, 4) is 5.75 Å². The highest BCUT2D eigenvalue weighted by Crippen LogP contribution is 2.38. The number of ether oxygens (including phenoxy) is 1. The minimum absolute atomic E-state index is 0.0399. The smallest absolute Gasteiger partial charge is 0.241 e. The third kappa shape index (κ3) is 3.10. The highest BCUT2D eigenvalue weighted by molar-refractivity contribution is 7.90. The molecule has 2 rings (SSSR count). The van der Waals surface area contributed by atoms with Crippen LogP contribution < -0.4 is 16.2 Å². The Morgan fingerprint density at radius 1 is 1.45 bits per heavy atom. The van der Waals surface area contributed by atoms with Gasteiger partial charge in [-0.2, -0.15) is 0 Å². The van der Waals surface area contributed by atoms with Crippen LogP contribution in [0.3, 0.4) is 0 Å². The standard InChI is InChI=1S/C13H18N2O4S/c1-20(17,18)11-4-2-3-10(7-11)19-8-13(15,12(14)16)9-5-6-9/h2-4,7,9H,5-6,8,15H2,1H3,(H2,14,16). The Hall–Kier alpha value is -1.60. The van der Waals surface area contributed by atoms with Crippen LogP contribution in [0, 0.1) is 5.92 Å². The quantitative estimate of drug-likeness (QED) is 0.771. The van der Waals surface area contributed by atoms with Gasteiger partial charge in [-0.1, -0.05) is 6.07 Å². The molecule has 7 heteroatoms. The number of carbonyl (C=O) groups is 1. The van der Waals surface area contributed by atoms with E-state index < -0.39 is 21.3 Å². The van der Waals surface area contributed by atoms with Crippen molar-refractivity contribution >= 4 is 15.7 Å². The first-order chi connectivity index (χ1) is 9.23. The van der Waals surface area contributed by atoms with Gasteiger partial charge >= 0.3 is 0 Å². The summed E-state index contributed by atoms with van der Waals surface area (Å²) < 4.78 is 28.4. The van der Waals surface area contributed by atoms with Gasteiger partial charge in [-0.3, -0.25) is 4.79 Å². The topological polar surface area (TPSA) is 112 Å². The summed E-state index contributed by atoms with van der Waals surface area (Å²) >= 11 is 0. The largest absolute Gasteiger partial charge is 0.491 e. The lowest BCUT2D eigenvalue weighted by atomic mass is 9.95. The van der Waals surface area contributed by atoms with Crippen molar-refractivity contribution in [2.75, 3.05) is 12.9 Å². The van der Waals surface area contributed by atoms with Gasteiger partial charge in [0.05, 0.1) is 4.90 Å². The second kappa shape index (κ2) is 5.06. The molecule has 1 aromatic rings. The average Bonchev–Trinajstić information content (AvgIpc) is 3.19. The molecule has 1 aliphatic carbocycles. The first kappa shape index (κ1) is 14.8. The second-order valence-corrected chi connectivity index (χ2v) is 7.23. The van der Waals surface area contributed by atoms with Crippen LogP contribution in [0.25, 0.3) is 0 Å². The Bertz CT molecular complexity index is 625. The number of carbonyl (C=O) groups excluding carboxylic acids is 1. The highest BCUT2D eigenvalue weighted by Gasteiger charge is 2.47. The maximum Gasteiger partial charge on any atom is 0.241 e. The SMILES string of the molecule is CS(=O)(=O)c1cccc(OCC(N)(C(N)=O)C2CC2)c1. The van der Waals surface area contributed by atoms with Crippen molar-refractivity contribution in [3.63, 3.8) is 0 Å². The summed E-state index contributed by atoms with van der Waals surface area (Å²) in [5, 5.41) is 0. The minimum atomic E-state index is -3.30. The summed E-state index contributed by atoms with van der Waals surface area (Å²) in [6.45, 7) is -0.0553. The highest BCUT2D eigenvalue weighted by atomic mass is 32.2. The molecule has 0 spiro atoms. The van der Waals surface area contributed by atoms with Crippen LogP contribution in [-0.4, -0.2) is 32.7 Å². The number of hydrogen-bond donors (Lipinski definition) is 2. The number of nitrogens with two attached hydrogens (primary N) is 2. The fraction of sp³-hybridized carbons (Fsp3) is 0.462. The monoisotopic (exact) mass is 298 g/mol. The molecule has 0 saturated heterocycles. The summed E-state index contributed by atoms with van der Waals surface area (Å²) in [5.41, 5.74) is 10.1. The molecule has 1 fully saturated rings. The van der Waals surface area contributed by atoms with Crippen LogP contribution in [0.4, 0.5) is 0 Å². The van der Waals surface area contributed by atoms with Gasteiger partial charge in [0, 0.05) is 6.26 Å². The molecule has 20 heavy (non-hydrogen) atoms. The molecule has 4 N–H and O–H groups in total. The van der Waals surface area contributed by atoms with Gasteiger partial charge < -0.3 is 16.2 Å². The molecule has 0 heterocycles. The molecule has 110 valence electrons. The lowest BCUT2D eigenvalue weighted by Gasteiger charge is -2.25. The van der Waals surface area contributed by atoms with E-state index in [4.69, 9.17) is 16.2 Å². The van der Waals surface area contributed by atoms with E-state index in [1.165, 1.54) is 12.1 Å². The lowest BCUT2D eigenvalue weighted by molar-refractivity contribution is -0.125. The number of rotatable bonds is 6. The molecule has 0 aromatic heterocycles. The van der Waals surface area contributed by atoms with E-state index in [1.54, 1.807) is 12.1 Å². The molecule has 1 atom stereocenters. The zero-order valence-electron chi connectivity index (χ0n) is 11.2. The maximum absolute atomic E-state index is 11.5. The van der Waals surface area contributed by atoms with Crippen LogP contribution in [0.15, 0.2) is 29.2 Å². The summed E-state index contributed by atoms with van der Waals surface area (Å²) in [7, 11) is -3.30. The number of sulfone groups is 1. The number of benzene rings is 1. The third-order valence-electron chi connectivity index (χ3n) is 3.48. The number of primary amides is 1. The first-order valence-corrected chi connectivity index (χ1v) is 8.14. The molecule has 0 radical (unpaired) electrons. The van der Waals surface area contributed by atoms with Crippen LogP contribution in [0.5, 0.6) is 5.75 Å². The molecule has 1 aliphatic rings. The van der Waals surface area contributed by atoms with Gasteiger partial charge in [-0.15, -0.1) is 0 Å². The third-order valence-corrected chi connectivity index (χ3v) is 4.59. The van der Waals surface area contributed by atoms with Gasteiger partial charge in [0.2, 0.25) is 5.91 Å². The molecular formula is C13H18N2O4S. The van der Waals surface area contributed by atoms with E-state index in [0.717, 1.165) is 19.1 Å². The predicted octanol–water partition coefficient (Wildman–Crippen LogP) is 0.0617. The Morgan fingerprint density at radius 3 is 2.60 bits per heavy atom. The molecule has 1 unspecified atom stereocenters. The molecule has 1 saturated carbocycles. The maximum atomic E-state index is 11.5. The molecule has 6 nitrogen and oxygen atoms in total. The zero-order valence-corrected chi connectivity index (χ0v) is 12.0. The second-order valence-electron chi connectivity index (χ2n) is 5.21. The van der Waals surface area contributed by atoms with Crippen LogP contribution in [-0.2, 0) is 14.6 Å². The van der Waals surface area contributed by atoms with E-state index in [0.29, 0.717) is 5.75 Å². The first-order valence-electron chi connectivity index (χ1n) is 6.25.